The molecule has 0 aliphatic carbocycles. The number of hydrogen-bond donors (Lipinski definition) is 1. The van der Waals surface area contributed by atoms with Crippen molar-refractivity contribution in [3.05, 3.63) is 57.0 Å². The molecule has 2 rings (SSSR count). The van der Waals surface area contributed by atoms with Gasteiger partial charge in [-0.25, -0.2) is 8.78 Å². The van der Waals surface area contributed by atoms with Crippen LogP contribution in [0.3, 0.4) is 0 Å². The molecule has 1 heterocycles. The fraction of sp³-hybridized carbons (Fsp3) is 0.375. The van der Waals surface area contributed by atoms with E-state index in [1.807, 2.05) is 26.8 Å². The molecule has 21 heavy (non-hydrogen) atoms. The van der Waals surface area contributed by atoms with Gasteiger partial charge in [-0.1, -0.05) is 6.92 Å². The zero-order valence-corrected chi connectivity index (χ0v) is 13.9. The van der Waals surface area contributed by atoms with Crippen molar-refractivity contribution < 1.29 is 13.2 Å². The van der Waals surface area contributed by atoms with Crippen molar-refractivity contribution in [1.29, 1.82) is 0 Å². The lowest BCUT2D eigenvalue weighted by Crippen LogP contribution is -2.24. The smallest absolute Gasteiger partial charge is 0.137 e. The molecule has 0 spiro atoms. The number of rotatable bonds is 5. The second-order valence-corrected chi connectivity index (χ2v) is 5.90. The van der Waals surface area contributed by atoms with Crippen LogP contribution < -0.4 is 5.32 Å². The van der Waals surface area contributed by atoms with Crippen LogP contribution in [0.25, 0.3) is 0 Å². The van der Waals surface area contributed by atoms with Crippen LogP contribution in [0.4, 0.5) is 8.78 Å². The molecule has 0 amide bonds. The summed E-state index contributed by atoms with van der Waals surface area (Å²) in [5.41, 5.74) is 1.12. The number of hydrogen-bond acceptors (Lipinski definition) is 2. The number of nitrogens with one attached hydrogen (secondary N) is 1. The van der Waals surface area contributed by atoms with E-state index in [1.165, 1.54) is 6.07 Å². The number of furan rings is 1. The van der Waals surface area contributed by atoms with E-state index in [9.17, 15) is 8.78 Å². The molecule has 0 fully saturated rings. The van der Waals surface area contributed by atoms with Crippen LogP contribution in [0.2, 0.25) is 0 Å². The number of benzene rings is 1. The van der Waals surface area contributed by atoms with E-state index < -0.39 is 17.7 Å². The molecule has 114 valence electrons. The third-order valence-electron chi connectivity index (χ3n) is 3.34. The van der Waals surface area contributed by atoms with Crippen molar-refractivity contribution in [2.45, 2.75) is 33.2 Å². The molecule has 0 aliphatic heterocycles. The Kier molecular flexibility index (Phi) is 5.17. The summed E-state index contributed by atoms with van der Waals surface area (Å²) in [6, 6.07) is 3.83. The minimum atomic E-state index is -0.479. The van der Waals surface area contributed by atoms with Gasteiger partial charge in [0.2, 0.25) is 0 Å². The Labute approximate surface area is 131 Å². The average molecular weight is 358 g/mol. The van der Waals surface area contributed by atoms with E-state index in [0.717, 1.165) is 23.8 Å². The van der Waals surface area contributed by atoms with Gasteiger partial charge in [0.25, 0.3) is 0 Å². The highest BCUT2D eigenvalue weighted by atomic mass is 79.9. The Morgan fingerprint density at radius 2 is 1.86 bits per heavy atom. The molecule has 0 saturated heterocycles. The number of halogens is 3. The average Bonchev–Trinajstić information content (AvgIpc) is 2.75. The Balaban J connectivity index is 2.50. The van der Waals surface area contributed by atoms with Gasteiger partial charge in [0.15, 0.2) is 0 Å². The summed E-state index contributed by atoms with van der Waals surface area (Å²) in [5, 5.41) is 3.26. The topological polar surface area (TPSA) is 25.2 Å². The Morgan fingerprint density at radius 3 is 2.43 bits per heavy atom. The van der Waals surface area contributed by atoms with Crippen LogP contribution in [-0.2, 0) is 0 Å². The molecular formula is C16H18BrF2NO. The standard InChI is InChI=1S/C16H18BrF2NO/c1-4-5-20-16(11-6-9(2)21-10(11)3)12-7-15(19)13(17)8-14(12)18/h6-8,16,20H,4-5H2,1-3H3. The number of aryl methyl sites for hydroxylation is 2. The largest absolute Gasteiger partial charge is 0.466 e. The molecule has 0 radical (unpaired) electrons. The van der Waals surface area contributed by atoms with Crippen molar-refractivity contribution in [2.75, 3.05) is 6.54 Å². The molecule has 0 bridgehead atoms. The lowest BCUT2D eigenvalue weighted by molar-refractivity contribution is 0.488. The first kappa shape index (κ1) is 16.2. The fourth-order valence-corrected chi connectivity index (χ4v) is 2.69. The van der Waals surface area contributed by atoms with Crippen molar-refractivity contribution in [3.8, 4) is 0 Å². The summed E-state index contributed by atoms with van der Waals surface area (Å²) in [5.74, 6) is 0.537. The van der Waals surface area contributed by atoms with Gasteiger partial charge < -0.3 is 9.73 Å². The first-order valence-corrected chi connectivity index (χ1v) is 7.68. The third-order valence-corrected chi connectivity index (χ3v) is 3.95. The van der Waals surface area contributed by atoms with E-state index in [-0.39, 0.29) is 10.0 Å². The highest BCUT2D eigenvalue weighted by Crippen LogP contribution is 2.31. The SMILES string of the molecule is CCCNC(c1cc(F)c(Br)cc1F)c1cc(C)oc1C. The first-order valence-electron chi connectivity index (χ1n) is 6.88. The monoisotopic (exact) mass is 357 g/mol. The van der Waals surface area contributed by atoms with Crippen LogP contribution in [0.15, 0.2) is 27.1 Å². The van der Waals surface area contributed by atoms with Gasteiger partial charge in [-0.05, 0) is 60.9 Å². The molecule has 2 aromatic rings. The second kappa shape index (κ2) is 6.71. The molecule has 1 aromatic carbocycles. The van der Waals surface area contributed by atoms with Gasteiger partial charge in [-0.15, -0.1) is 0 Å². The summed E-state index contributed by atoms with van der Waals surface area (Å²) in [6.07, 6.45) is 0.896. The van der Waals surface area contributed by atoms with Gasteiger partial charge >= 0.3 is 0 Å². The normalized spacial score (nSPS) is 12.7. The Morgan fingerprint density at radius 1 is 1.14 bits per heavy atom. The highest BCUT2D eigenvalue weighted by molar-refractivity contribution is 9.10. The zero-order valence-electron chi connectivity index (χ0n) is 12.3. The minimum Gasteiger partial charge on any atom is -0.466 e. The Hall–Kier alpha value is -1.20. The maximum atomic E-state index is 14.3. The van der Waals surface area contributed by atoms with Crippen LogP contribution >= 0.6 is 15.9 Å². The third kappa shape index (κ3) is 3.52. The minimum absolute atomic E-state index is 0.123. The van der Waals surface area contributed by atoms with Crippen LogP contribution in [-0.4, -0.2) is 6.54 Å². The van der Waals surface area contributed by atoms with Crippen LogP contribution in [0, 0.1) is 25.5 Å². The van der Waals surface area contributed by atoms with Crippen LogP contribution in [0.1, 0.15) is 42.0 Å². The lowest BCUT2D eigenvalue weighted by atomic mass is 9.98. The van der Waals surface area contributed by atoms with E-state index in [4.69, 9.17) is 4.42 Å². The zero-order chi connectivity index (χ0) is 15.6. The van der Waals surface area contributed by atoms with Crippen molar-refractivity contribution >= 4 is 15.9 Å². The van der Waals surface area contributed by atoms with Crippen LogP contribution in [0.5, 0.6) is 0 Å². The summed E-state index contributed by atoms with van der Waals surface area (Å²) in [4.78, 5) is 0. The van der Waals surface area contributed by atoms with E-state index in [2.05, 4.69) is 21.2 Å². The summed E-state index contributed by atoms with van der Waals surface area (Å²) in [6.45, 7) is 6.39. The lowest BCUT2D eigenvalue weighted by Gasteiger charge is -2.19. The molecule has 1 atom stereocenters. The Bertz CT molecular complexity index is 639. The molecule has 0 saturated carbocycles. The molecule has 1 unspecified atom stereocenters. The molecule has 1 N–H and O–H groups in total. The second-order valence-electron chi connectivity index (χ2n) is 5.04. The summed E-state index contributed by atoms with van der Waals surface area (Å²) in [7, 11) is 0. The van der Waals surface area contributed by atoms with Crippen molar-refractivity contribution in [2.24, 2.45) is 0 Å². The van der Waals surface area contributed by atoms with Gasteiger partial charge in [0.05, 0.1) is 10.5 Å². The van der Waals surface area contributed by atoms with E-state index >= 15 is 0 Å². The van der Waals surface area contributed by atoms with Gasteiger partial charge in [-0.2, -0.15) is 0 Å². The van der Waals surface area contributed by atoms with Crippen molar-refractivity contribution in [3.63, 3.8) is 0 Å². The molecule has 2 nitrogen and oxygen atoms in total. The summed E-state index contributed by atoms with van der Waals surface area (Å²) >= 11 is 3.00. The highest BCUT2D eigenvalue weighted by Gasteiger charge is 2.23. The fourth-order valence-electron chi connectivity index (χ4n) is 2.37. The van der Waals surface area contributed by atoms with Crippen molar-refractivity contribution in [1.82, 2.24) is 5.32 Å². The van der Waals surface area contributed by atoms with Gasteiger partial charge in [0, 0.05) is 11.1 Å². The first-order chi connectivity index (χ1) is 9.93. The van der Waals surface area contributed by atoms with E-state index in [1.54, 1.807) is 0 Å². The molecule has 5 heteroatoms. The quantitative estimate of drug-likeness (QED) is 0.759. The summed E-state index contributed by atoms with van der Waals surface area (Å²) < 4.78 is 33.7. The molecule has 0 aliphatic rings. The van der Waals surface area contributed by atoms with E-state index in [0.29, 0.717) is 12.3 Å². The molecular weight excluding hydrogens is 340 g/mol. The maximum absolute atomic E-state index is 14.3. The van der Waals surface area contributed by atoms with Gasteiger partial charge in [-0.3, -0.25) is 0 Å². The molecule has 1 aromatic heterocycles. The maximum Gasteiger partial charge on any atom is 0.137 e. The predicted octanol–water partition coefficient (Wildman–Crippen LogP) is 5.03. The predicted molar refractivity (Wildman–Crippen MR) is 82.4 cm³/mol. The van der Waals surface area contributed by atoms with Gasteiger partial charge in [0.1, 0.15) is 23.2 Å².